The summed E-state index contributed by atoms with van der Waals surface area (Å²) in [6.45, 7) is 0. The van der Waals surface area contributed by atoms with Gasteiger partial charge in [0.1, 0.15) is 11.8 Å². The Morgan fingerprint density at radius 2 is 1.79 bits per heavy atom. The molecule has 0 spiro atoms. The number of fused-ring (bicyclic) bond motifs is 1. The van der Waals surface area contributed by atoms with Crippen LogP contribution in [0.4, 0.5) is 5.95 Å². The second-order valence-electron chi connectivity index (χ2n) is 7.86. The lowest BCUT2D eigenvalue weighted by Gasteiger charge is -2.33. The molecule has 0 radical (unpaired) electrons. The fourth-order valence-corrected chi connectivity index (χ4v) is 4.65. The molecule has 2 heterocycles. The summed E-state index contributed by atoms with van der Waals surface area (Å²) in [5, 5.41) is 8.73. The van der Waals surface area contributed by atoms with Gasteiger partial charge in [0.25, 0.3) is 0 Å². The summed E-state index contributed by atoms with van der Waals surface area (Å²) in [7, 11) is 4.73. The number of benzene rings is 2. The van der Waals surface area contributed by atoms with Gasteiger partial charge in [0, 0.05) is 39.9 Å². The zero-order chi connectivity index (χ0) is 23.1. The van der Waals surface area contributed by atoms with Crippen LogP contribution in [0.15, 0.2) is 47.7 Å². The summed E-state index contributed by atoms with van der Waals surface area (Å²) < 4.78 is 18.4. The fraction of sp³-hybridized carbons (Fsp3) is 0.292. The highest BCUT2D eigenvalue weighted by molar-refractivity contribution is 6.30. The third kappa shape index (κ3) is 3.60. The van der Waals surface area contributed by atoms with Crippen molar-refractivity contribution in [1.82, 2.24) is 14.8 Å². The van der Waals surface area contributed by atoms with Crippen molar-refractivity contribution in [1.29, 1.82) is 0 Å². The Balaban J connectivity index is 1.73. The summed E-state index contributed by atoms with van der Waals surface area (Å²) in [6, 6.07) is 10.4. The number of ether oxygens (including phenoxy) is 3. The number of hydrogen-bond donors (Lipinski definition) is 1. The van der Waals surface area contributed by atoms with E-state index in [1.165, 1.54) is 0 Å². The Morgan fingerprint density at radius 3 is 2.52 bits per heavy atom. The number of nitrogens with zero attached hydrogens (tertiary/aromatic N) is 3. The van der Waals surface area contributed by atoms with Crippen molar-refractivity contribution in [3.63, 3.8) is 0 Å². The number of halogens is 1. The minimum Gasteiger partial charge on any atom is -0.496 e. The standard InChI is InChI=1S/C24H23ClN4O4/c1-31-18-12-20(33-3)19(32-2)11-15(18)22-21-16(8-5-9-17(21)30)26-24-27-23(28-29(22)24)13-6-4-7-14(25)10-13/h4,6-7,10-12,22H,5,8-9H2,1-3H3,(H,26,27,28). The molecule has 2 aromatic carbocycles. The maximum Gasteiger partial charge on any atom is 0.226 e. The van der Waals surface area contributed by atoms with E-state index < -0.39 is 6.04 Å². The van der Waals surface area contributed by atoms with Crippen LogP contribution in [0.25, 0.3) is 11.4 Å². The van der Waals surface area contributed by atoms with Crippen molar-refractivity contribution >= 4 is 23.3 Å². The van der Waals surface area contributed by atoms with Crippen molar-refractivity contribution in [2.75, 3.05) is 26.6 Å². The van der Waals surface area contributed by atoms with Crippen LogP contribution in [0.1, 0.15) is 30.9 Å². The van der Waals surface area contributed by atoms with Crippen molar-refractivity contribution < 1.29 is 19.0 Å². The van der Waals surface area contributed by atoms with E-state index >= 15 is 0 Å². The van der Waals surface area contributed by atoms with Gasteiger partial charge in [-0.05, 0) is 31.0 Å². The molecule has 1 N–H and O–H groups in total. The predicted molar refractivity (Wildman–Crippen MR) is 124 cm³/mol. The highest BCUT2D eigenvalue weighted by atomic mass is 35.5. The number of Topliss-reactive ketones (excluding diaryl/α,β-unsaturated/α-hetero) is 1. The van der Waals surface area contributed by atoms with Crippen LogP contribution in [-0.2, 0) is 4.79 Å². The lowest BCUT2D eigenvalue weighted by Crippen LogP contribution is -2.31. The quantitative estimate of drug-likeness (QED) is 0.585. The Bertz CT molecular complexity index is 1280. The molecule has 1 aliphatic heterocycles. The molecule has 5 rings (SSSR count). The summed E-state index contributed by atoms with van der Waals surface area (Å²) in [5.74, 6) is 2.78. The summed E-state index contributed by atoms with van der Waals surface area (Å²) in [5.41, 5.74) is 3.06. The van der Waals surface area contributed by atoms with Gasteiger partial charge in [0.2, 0.25) is 5.95 Å². The fourth-order valence-electron chi connectivity index (χ4n) is 4.46. The first-order valence-corrected chi connectivity index (χ1v) is 11.0. The lowest BCUT2D eigenvalue weighted by molar-refractivity contribution is -0.116. The van der Waals surface area contributed by atoms with Crippen LogP contribution in [0.5, 0.6) is 17.2 Å². The van der Waals surface area contributed by atoms with E-state index in [4.69, 9.17) is 35.9 Å². The predicted octanol–water partition coefficient (Wildman–Crippen LogP) is 4.65. The van der Waals surface area contributed by atoms with Gasteiger partial charge in [-0.25, -0.2) is 4.68 Å². The summed E-state index contributed by atoms with van der Waals surface area (Å²) in [6.07, 6.45) is 2.03. The van der Waals surface area contributed by atoms with Gasteiger partial charge >= 0.3 is 0 Å². The Labute approximate surface area is 196 Å². The first kappa shape index (κ1) is 21.3. The Hall–Kier alpha value is -3.52. The lowest BCUT2D eigenvalue weighted by atomic mass is 9.85. The van der Waals surface area contributed by atoms with Crippen LogP contribution >= 0.6 is 11.6 Å². The Morgan fingerprint density at radius 1 is 1.03 bits per heavy atom. The number of allylic oxidation sites excluding steroid dienone is 2. The number of methoxy groups -OCH3 is 3. The van der Waals surface area contributed by atoms with Crippen molar-refractivity contribution in [2.45, 2.75) is 25.3 Å². The molecule has 0 bridgehead atoms. The molecule has 9 heteroatoms. The van der Waals surface area contributed by atoms with E-state index in [0.29, 0.717) is 46.0 Å². The van der Waals surface area contributed by atoms with Gasteiger partial charge in [-0.2, -0.15) is 4.98 Å². The van der Waals surface area contributed by atoms with E-state index in [0.717, 1.165) is 29.7 Å². The SMILES string of the molecule is COc1cc(OC)c(C2C3=C(CCCC3=O)Nc3nc(-c4cccc(Cl)c4)nn32)cc1OC. The van der Waals surface area contributed by atoms with Crippen LogP contribution in [0, 0.1) is 0 Å². The number of carbonyl (C=O) groups is 1. The van der Waals surface area contributed by atoms with Gasteiger partial charge < -0.3 is 19.5 Å². The minimum atomic E-state index is -0.528. The van der Waals surface area contributed by atoms with E-state index in [9.17, 15) is 4.79 Å². The van der Waals surface area contributed by atoms with Gasteiger partial charge in [-0.3, -0.25) is 4.79 Å². The van der Waals surface area contributed by atoms with Crippen LogP contribution in [0.3, 0.4) is 0 Å². The molecule has 1 unspecified atom stereocenters. The van der Waals surface area contributed by atoms with Gasteiger partial charge in [0.15, 0.2) is 23.1 Å². The number of carbonyl (C=O) groups excluding carboxylic acids is 1. The molecule has 3 aromatic rings. The third-order valence-electron chi connectivity index (χ3n) is 5.98. The van der Waals surface area contributed by atoms with Gasteiger partial charge in [-0.15, -0.1) is 5.10 Å². The molecule has 1 aromatic heterocycles. The molecule has 0 amide bonds. The van der Waals surface area contributed by atoms with E-state index in [2.05, 4.69) is 5.32 Å². The zero-order valence-corrected chi connectivity index (χ0v) is 19.3. The maximum atomic E-state index is 13.1. The largest absolute Gasteiger partial charge is 0.496 e. The van der Waals surface area contributed by atoms with Gasteiger partial charge in [-0.1, -0.05) is 23.7 Å². The molecule has 170 valence electrons. The Kier molecular flexibility index (Phi) is 5.46. The monoisotopic (exact) mass is 466 g/mol. The summed E-state index contributed by atoms with van der Waals surface area (Å²) >= 11 is 6.19. The average Bonchev–Trinajstić information content (AvgIpc) is 3.26. The zero-order valence-electron chi connectivity index (χ0n) is 18.5. The molecule has 0 saturated carbocycles. The molecule has 33 heavy (non-hydrogen) atoms. The first-order valence-electron chi connectivity index (χ1n) is 10.6. The van der Waals surface area contributed by atoms with E-state index in [1.54, 1.807) is 38.1 Å². The summed E-state index contributed by atoms with van der Waals surface area (Å²) in [4.78, 5) is 17.9. The molecule has 2 aliphatic rings. The second kappa shape index (κ2) is 8.44. The molecule has 0 fully saturated rings. The number of rotatable bonds is 5. The average molecular weight is 467 g/mol. The molecule has 0 saturated heterocycles. The van der Waals surface area contributed by atoms with Crippen molar-refractivity contribution in [2.24, 2.45) is 0 Å². The van der Waals surface area contributed by atoms with Crippen LogP contribution < -0.4 is 19.5 Å². The smallest absolute Gasteiger partial charge is 0.226 e. The number of nitrogens with one attached hydrogen (secondary N) is 1. The van der Waals surface area contributed by atoms with Crippen molar-refractivity contribution in [3.05, 3.63) is 58.3 Å². The number of hydrogen-bond acceptors (Lipinski definition) is 7. The van der Waals surface area contributed by atoms with E-state index in [-0.39, 0.29) is 5.78 Å². The first-order chi connectivity index (χ1) is 16.0. The van der Waals surface area contributed by atoms with Crippen LogP contribution in [0.2, 0.25) is 5.02 Å². The van der Waals surface area contributed by atoms with Crippen LogP contribution in [-0.4, -0.2) is 41.9 Å². The minimum absolute atomic E-state index is 0.0797. The number of anilines is 1. The second-order valence-corrected chi connectivity index (χ2v) is 8.30. The highest BCUT2D eigenvalue weighted by Crippen LogP contribution is 2.46. The number of aromatic nitrogens is 3. The molecular weight excluding hydrogens is 444 g/mol. The molecular formula is C24H23ClN4O4. The maximum absolute atomic E-state index is 13.1. The number of ketones is 1. The van der Waals surface area contributed by atoms with E-state index in [1.807, 2.05) is 24.3 Å². The molecule has 8 nitrogen and oxygen atoms in total. The van der Waals surface area contributed by atoms with Gasteiger partial charge in [0.05, 0.1) is 21.3 Å². The molecule has 1 aliphatic carbocycles. The normalized spacial score (nSPS) is 17.2. The third-order valence-corrected chi connectivity index (χ3v) is 6.22. The van der Waals surface area contributed by atoms with Crippen molar-refractivity contribution in [3.8, 4) is 28.6 Å². The topological polar surface area (TPSA) is 87.5 Å². The highest BCUT2D eigenvalue weighted by Gasteiger charge is 2.38. The molecule has 1 atom stereocenters.